The predicted octanol–water partition coefficient (Wildman–Crippen LogP) is 4.38. The minimum atomic E-state index is -0.227. The molecule has 3 rings (SSSR count). The van der Waals surface area contributed by atoms with Crippen molar-refractivity contribution in [3.63, 3.8) is 0 Å². The number of fused-ring (bicyclic) bond motifs is 1. The highest BCUT2D eigenvalue weighted by molar-refractivity contribution is 9.10. The van der Waals surface area contributed by atoms with E-state index in [4.69, 9.17) is 4.74 Å². The molecule has 0 saturated carbocycles. The fourth-order valence-corrected chi connectivity index (χ4v) is 3.35. The Kier molecular flexibility index (Phi) is 4.40. The maximum Gasteiger partial charge on any atom is 0.264 e. The Morgan fingerprint density at radius 2 is 2.14 bits per heavy atom. The van der Waals surface area contributed by atoms with Crippen LogP contribution in [0, 0.1) is 6.92 Å². The van der Waals surface area contributed by atoms with Gasteiger partial charge in [0, 0.05) is 5.38 Å². The average Bonchev–Trinajstić information content (AvgIpc) is 2.92. The maximum atomic E-state index is 11.9. The molecule has 4 nitrogen and oxygen atoms in total. The number of carbonyl (C=O) groups excluding carboxylic acids is 1. The average molecular weight is 377 g/mol. The number of aryl methyl sites for hydroxylation is 1. The molecule has 0 radical (unpaired) electrons. The summed E-state index contributed by atoms with van der Waals surface area (Å²) < 4.78 is 6.45. The molecule has 22 heavy (non-hydrogen) atoms. The number of nitrogens with one attached hydrogen (secondary N) is 1. The van der Waals surface area contributed by atoms with Crippen LogP contribution >= 0.6 is 27.3 Å². The summed E-state index contributed by atoms with van der Waals surface area (Å²) in [5.74, 6) is 0.415. The number of ether oxygens (including phenoxy) is 1. The van der Waals surface area contributed by atoms with Crippen molar-refractivity contribution in [3.8, 4) is 5.75 Å². The largest absolute Gasteiger partial charge is 0.483 e. The van der Waals surface area contributed by atoms with Gasteiger partial charge in [-0.3, -0.25) is 10.1 Å². The molecular weight excluding hydrogens is 364 g/mol. The molecule has 0 spiro atoms. The van der Waals surface area contributed by atoms with Gasteiger partial charge >= 0.3 is 0 Å². The third-order valence-electron chi connectivity index (χ3n) is 3.05. The van der Waals surface area contributed by atoms with Crippen molar-refractivity contribution in [2.45, 2.75) is 6.92 Å². The fourth-order valence-electron chi connectivity index (χ4n) is 2.04. The third kappa shape index (κ3) is 3.28. The van der Waals surface area contributed by atoms with Crippen molar-refractivity contribution in [2.75, 3.05) is 11.9 Å². The fraction of sp³-hybridized carbons (Fsp3) is 0.125. The minimum absolute atomic E-state index is 0.0600. The Labute approximate surface area is 140 Å². The monoisotopic (exact) mass is 376 g/mol. The molecule has 1 heterocycles. The highest BCUT2D eigenvalue weighted by Gasteiger charge is 2.10. The highest BCUT2D eigenvalue weighted by atomic mass is 79.9. The van der Waals surface area contributed by atoms with Gasteiger partial charge in [0.15, 0.2) is 11.7 Å². The van der Waals surface area contributed by atoms with E-state index in [-0.39, 0.29) is 12.5 Å². The van der Waals surface area contributed by atoms with Crippen LogP contribution in [0.5, 0.6) is 5.75 Å². The van der Waals surface area contributed by atoms with Crippen LogP contribution in [-0.2, 0) is 4.79 Å². The van der Waals surface area contributed by atoms with Gasteiger partial charge in [-0.15, -0.1) is 11.3 Å². The second kappa shape index (κ2) is 6.46. The van der Waals surface area contributed by atoms with Gasteiger partial charge in [0.1, 0.15) is 5.75 Å². The summed E-state index contributed by atoms with van der Waals surface area (Å²) in [7, 11) is 0. The van der Waals surface area contributed by atoms with Gasteiger partial charge in [-0.05, 0) is 39.7 Å². The van der Waals surface area contributed by atoms with E-state index >= 15 is 0 Å². The molecule has 112 valence electrons. The quantitative estimate of drug-likeness (QED) is 0.734. The number of nitrogens with zero attached hydrogens (tertiary/aromatic N) is 1. The first-order valence-corrected chi connectivity index (χ1v) is 8.33. The number of halogens is 1. The van der Waals surface area contributed by atoms with Crippen molar-refractivity contribution >= 4 is 49.1 Å². The summed E-state index contributed by atoms with van der Waals surface area (Å²) in [6.45, 7) is 1.82. The molecule has 0 bridgehead atoms. The van der Waals surface area contributed by atoms with Gasteiger partial charge in [-0.25, -0.2) is 4.98 Å². The first-order chi connectivity index (χ1) is 10.6. The summed E-state index contributed by atoms with van der Waals surface area (Å²) >= 11 is 4.93. The van der Waals surface area contributed by atoms with Gasteiger partial charge in [0.25, 0.3) is 5.91 Å². The third-order valence-corrected chi connectivity index (χ3v) is 4.75. The number of anilines is 1. The Morgan fingerprint density at radius 3 is 2.91 bits per heavy atom. The number of hydrogen-bond acceptors (Lipinski definition) is 4. The molecule has 0 unspecified atom stereocenters. The smallest absolute Gasteiger partial charge is 0.264 e. The van der Waals surface area contributed by atoms with Crippen molar-refractivity contribution in [1.29, 1.82) is 0 Å². The molecular formula is C16H13BrN2O2S. The highest BCUT2D eigenvalue weighted by Crippen LogP contribution is 2.33. The van der Waals surface area contributed by atoms with Crippen LogP contribution < -0.4 is 10.1 Å². The van der Waals surface area contributed by atoms with E-state index in [1.165, 1.54) is 11.3 Å². The molecule has 6 heteroatoms. The molecule has 2 aromatic carbocycles. The first-order valence-electron chi connectivity index (χ1n) is 6.65. The van der Waals surface area contributed by atoms with E-state index in [0.29, 0.717) is 10.9 Å². The normalized spacial score (nSPS) is 10.6. The molecule has 0 saturated heterocycles. The van der Waals surface area contributed by atoms with Crippen molar-refractivity contribution in [3.05, 3.63) is 51.9 Å². The molecule has 3 aromatic rings. The number of rotatable bonds is 4. The summed E-state index contributed by atoms with van der Waals surface area (Å²) in [5, 5.41) is 7.36. The summed E-state index contributed by atoms with van der Waals surface area (Å²) in [4.78, 5) is 16.1. The van der Waals surface area contributed by atoms with Gasteiger partial charge in [0.05, 0.1) is 10.2 Å². The van der Waals surface area contributed by atoms with Crippen LogP contribution in [0.1, 0.15) is 5.69 Å². The Bertz CT molecular complexity index is 832. The van der Waals surface area contributed by atoms with Gasteiger partial charge in [-0.2, -0.15) is 0 Å². The maximum absolute atomic E-state index is 11.9. The lowest BCUT2D eigenvalue weighted by atomic mass is 10.1. The van der Waals surface area contributed by atoms with E-state index in [1.807, 2.05) is 48.7 Å². The molecule has 1 amide bonds. The van der Waals surface area contributed by atoms with Crippen molar-refractivity contribution in [2.24, 2.45) is 0 Å². The number of carbonyl (C=O) groups is 1. The lowest BCUT2D eigenvalue weighted by Gasteiger charge is -2.10. The second-order valence-corrected chi connectivity index (χ2v) is 6.38. The zero-order valence-corrected chi connectivity index (χ0v) is 14.2. The Morgan fingerprint density at radius 1 is 1.32 bits per heavy atom. The molecule has 1 aromatic heterocycles. The first kappa shape index (κ1) is 15.0. The molecule has 0 aliphatic rings. The second-order valence-electron chi connectivity index (χ2n) is 4.73. The van der Waals surface area contributed by atoms with E-state index < -0.39 is 0 Å². The molecule has 1 N–H and O–H groups in total. The Balaban J connectivity index is 1.68. The molecule has 0 aliphatic carbocycles. The van der Waals surface area contributed by atoms with Crippen LogP contribution in [0.2, 0.25) is 0 Å². The van der Waals surface area contributed by atoms with Crippen LogP contribution in [0.4, 0.5) is 5.13 Å². The summed E-state index contributed by atoms with van der Waals surface area (Å²) in [5.41, 5.74) is 0.887. The van der Waals surface area contributed by atoms with Crippen LogP contribution in [0.15, 0.2) is 46.3 Å². The Hall–Kier alpha value is -1.92. The summed E-state index contributed by atoms with van der Waals surface area (Å²) in [6.07, 6.45) is 0. The number of thiazole rings is 1. The van der Waals surface area contributed by atoms with E-state index in [9.17, 15) is 4.79 Å². The van der Waals surface area contributed by atoms with E-state index in [2.05, 4.69) is 26.2 Å². The van der Waals surface area contributed by atoms with Crippen molar-refractivity contribution in [1.82, 2.24) is 4.98 Å². The number of benzene rings is 2. The lowest BCUT2D eigenvalue weighted by Crippen LogP contribution is -2.20. The number of aromatic nitrogens is 1. The minimum Gasteiger partial charge on any atom is -0.483 e. The van der Waals surface area contributed by atoms with Crippen LogP contribution in [0.25, 0.3) is 10.8 Å². The van der Waals surface area contributed by atoms with Crippen LogP contribution in [-0.4, -0.2) is 17.5 Å². The zero-order valence-electron chi connectivity index (χ0n) is 11.8. The topological polar surface area (TPSA) is 51.2 Å². The van der Waals surface area contributed by atoms with Gasteiger partial charge in [0.2, 0.25) is 0 Å². The molecule has 0 fully saturated rings. The number of amides is 1. The molecule has 0 atom stereocenters. The standard InChI is InChI=1S/C16H13BrN2O2S/c1-10-9-22-16(18-10)19-14(20)8-21-13-7-6-11-4-2-3-5-12(11)15(13)17/h2-7,9H,8H2,1H3,(H,18,19,20). The summed E-state index contributed by atoms with van der Waals surface area (Å²) in [6, 6.07) is 11.8. The van der Waals surface area contributed by atoms with Gasteiger partial charge in [-0.1, -0.05) is 30.3 Å². The predicted molar refractivity (Wildman–Crippen MR) is 92.6 cm³/mol. The van der Waals surface area contributed by atoms with Crippen molar-refractivity contribution < 1.29 is 9.53 Å². The SMILES string of the molecule is Cc1csc(NC(=O)COc2ccc3ccccc3c2Br)n1. The lowest BCUT2D eigenvalue weighted by molar-refractivity contribution is -0.118. The van der Waals surface area contributed by atoms with Crippen LogP contribution in [0.3, 0.4) is 0 Å². The number of hydrogen-bond donors (Lipinski definition) is 1. The van der Waals surface area contributed by atoms with Gasteiger partial charge < -0.3 is 4.74 Å². The molecule has 0 aliphatic heterocycles. The van der Waals surface area contributed by atoms with E-state index in [0.717, 1.165) is 20.9 Å². The van der Waals surface area contributed by atoms with E-state index in [1.54, 1.807) is 0 Å². The zero-order chi connectivity index (χ0) is 15.5.